The lowest BCUT2D eigenvalue weighted by Gasteiger charge is -2.07. The molecule has 5 nitrogen and oxygen atoms in total. The Bertz CT molecular complexity index is 721. The Morgan fingerprint density at radius 3 is 2.84 bits per heavy atom. The van der Waals surface area contributed by atoms with E-state index in [4.69, 9.17) is 22.4 Å². The zero-order chi connectivity index (χ0) is 14.0. The molecule has 0 aliphatic rings. The zero-order valence-corrected chi connectivity index (χ0v) is 11.0. The zero-order valence-electron chi connectivity index (χ0n) is 10.2. The normalized spacial score (nSPS) is 10.4. The van der Waals surface area contributed by atoms with Crippen molar-refractivity contribution in [2.24, 2.45) is 5.73 Å². The smallest absolute Gasteiger partial charge is 0.224 e. The lowest BCUT2D eigenvalue weighted by molar-refractivity contribution is -0.115. The maximum absolute atomic E-state index is 11.9. The number of hydrogen-bond acceptors (Lipinski definition) is 4. The third kappa shape index (κ3) is 2.63. The highest BCUT2D eigenvalue weighted by Gasteiger charge is 2.11. The highest BCUT2D eigenvalue weighted by atomic mass is 32.1. The molecule has 6 heteroatoms. The molecule has 0 bridgehead atoms. The number of fused-ring (bicyclic) bond motifs is 1. The summed E-state index contributed by atoms with van der Waals surface area (Å²) in [7, 11) is 0. The Kier molecular flexibility index (Phi) is 3.62. The van der Waals surface area contributed by atoms with Gasteiger partial charge in [-0.3, -0.25) is 9.59 Å². The molecule has 1 aromatic carbocycles. The van der Waals surface area contributed by atoms with Crippen molar-refractivity contribution in [1.82, 2.24) is 0 Å². The number of carbonyl (C=O) groups is 1. The monoisotopic (exact) mass is 276 g/mol. The minimum absolute atomic E-state index is 0.00405. The minimum atomic E-state index is -0.253. The van der Waals surface area contributed by atoms with Crippen LogP contribution in [0.15, 0.2) is 33.5 Å². The second kappa shape index (κ2) is 5.19. The first-order valence-electron chi connectivity index (χ1n) is 5.69. The Hall–Kier alpha value is -2.21. The van der Waals surface area contributed by atoms with Gasteiger partial charge in [0.15, 0.2) is 16.8 Å². The van der Waals surface area contributed by atoms with Crippen molar-refractivity contribution in [1.29, 1.82) is 0 Å². The Morgan fingerprint density at radius 2 is 2.21 bits per heavy atom. The molecular formula is C13H12N2O3S. The number of benzene rings is 1. The number of rotatable bonds is 3. The second-order valence-corrected chi connectivity index (χ2v) is 4.36. The molecule has 3 N–H and O–H groups in total. The summed E-state index contributed by atoms with van der Waals surface area (Å²) in [5.41, 5.74) is 5.92. The first-order valence-corrected chi connectivity index (χ1v) is 6.10. The molecule has 1 amide bonds. The van der Waals surface area contributed by atoms with Crippen LogP contribution in [-0.2, 0) is 4.79 Å². The molecule has 0 aliphatic carbocycles. The molecule has 2 aromatic rings. The number of nitrogens with one attached hydrogen (secondary N) is 1. The molecule has 0 spiro atoms. The lowest BCUT2D eigenvalue weighted by atomic mass is 10.2. The van der Waals surface area contributed by atoms with Crippen molar-refractivity contribution in [3.8, 4) is 0 Å². The van der Waals surface area contributed by atoms with E-state index in [1.54, 1.807) is 25.1 Å². The molecule has 1 heterocycles. The average molecular weight is 276 g/mol. The highest BCUT2D eigenvalue weighted by molar-refractivity contribution is 7.80. The van der Waals surface area contributed by atoms with E-state index in [2.05, 4.69) is 5.32 Å². The van der Waals surface area contributed by atoms with Gasteiger partial charge in [-0.25, -0.2) is 0 Å². The summed E-state index contributed by atoms with van der Waals surface area (Å²) < 4.78 is 5.50. The van der Waals surface area contributed by atoms with E-state index in [0.717, 1.165) is 0 Å². The van der Waals surface area contributed by atoms with E-state index < -0.39 is 0 Å². The molecule has 0 saturated carbocycles. The fraction of sp³-hybridized carbons (Fsp3) is 0.154. The topological polar surface area (TPSA) is 85.3 Å². The standard InChI is InChI=1S/C13H12N2O3S/c1-2-11(17)15-8-5-3-4-7-9(16)6-10(13(14)19)18-12(7)8/h3-6H,2H2,1H3,(H2,14,19)(H,15,17). The SMILES string of the molecule is CCC(=O)Nc1cccc2c(=O)cc(C(N)=S)oc12. The predicted molar refractivity (Wildman–Crippen MR) is 77.3 cm³/mol. The van der Waals surface area contributed by atoms with Crippen molar-refractivity contribution in [3.63, 3.8) is 0 Å². The summed E-state index contributed by atoms with van der Waals surface area (Å²) in [5.74, 6) is -0.0402. The fourth-order valence-corrected chi connectivity index (χ4v) is 1.74. The summed E-state index contributed by atoms with van der Waals surface area (Å²) >= 11 is 4.80. The van der Waals surface area contributed by atoms with Crippen molar-refractivity contribution < 1.29 is 9.21 Å². The van der Waals surface area contributed by atoms with Crippen LogP contribution in [0.1, 0.15) is 19.1 Å². The van der Waals surface area contributed by atoms with E-state index in [0.29, 0.717) is 17.5 Å². The minimum Gasteiger partial charge on any atom is -0.451 e. The van der Waals surface area contributed by atoms with E-state index in [1.807, 2.05) is 0 Å². The van der Waals surface area contributed by atoms with Crippen LogP contribution in [-0.4, -0.2) is 10.9 Å². The third-order valence-corrected chi connectivity index (χ3v) is 2.79. The van der Waals surface area contributed by atoms with Crippen LogP contribution >= 0.6 is 12.2 Å². The summed E-state index contributed by atoms with van der Waals surface area (Å²) in [4.78, 5) is 23.4. The molecule has 19 heavy (non-hydrogen) atoms. The number of anilines is 1. The van der Waals surface area contributed by atoms with Gasteiger partial charge >= 0.3 is 0 Å². The van der Waals surface area contributed by atoms with Crippen LogP contribution in [0.4, 0.5) is 5.69 Å². The molecule has 0 unspecified atom stereocenters. The van der Waals surface area contributed by atoms with E-state index in [1.165, 1.54) is 6.07 Å². The van der Waals surface area contributed by atoms with Crippen LogP contribution in [0, 0.1) is 0 Å². The van der Waals surface area contributed by atoms with Crippen LogP contribution in [0.2, 0.25) is 0 Å². The molecule has 0 radical (unpaired) electrons. The predicted octanol–water partition coefficient (Wildman–Crippen LogP) is 1.78. The molecule has 0 aliphatic heterocycles. The molecule has 0 fully saturated rings. The number of thiocarbonyl (C=S) groups is 1. The summed E-state index contributed by atoms with van der Waals surface area (Å²) in [6.45, 7) is 1.73. The molecule has 0 atom stereocenters. The first kappa shape index (κ1) is 13.2. The van der Waals surface area contributed by atoms with Crippen LogP contribution in [0.3, 0.4) is 0 Å². The quantitative estimate of drug-likeness (QED) is 0.835. The Balaban J connectivity index is 2.68. The number of carbonyl (C=O) groups excluding carboxylic acids is 1. The largest absolute Gasteiger partial charge is 0.451 e. The van der Waals surface area contributed by atoms with Crippen molar-refractivity contribution >= 4 is 39.8 Å². The average Bonchev–Trinajstić information content (AvgIpc) is 2.39. The lowest BCUT2D eigenvalue weighted by Crippen LogP contribution is -2.15. The number of amides is 1. The first-order chi connectivity index (χ1) is 9.02. The van der Waals surface area contributed by atoms with Crippen LogP contribution < -0.4 is 16.5 Å². The maximum Gasteiger partial charge on any atom is 0.224 e. The molecule has 1 aromatic heterocycles. The number of para-hydroxylation sites is 1. The van der Waals surface area contributed by atoms with Gasteiger partial charge < -0.3 is 15.5 Å². The second-order valence-electron chi connectivity index (χ2n) is 3.92. The van der Waals surface area contributed by atoms with Gasteiger partial charge in [0.1, 0.15) is 4.99 Å². The van der Waals surface area contributed by atoms with E-state index >= 15 is 0 Å². The van der Waals surface area contributed by atoms with Gasteiger partial charge in [0.05, 0.1) is 11.1 Å². The fourth-order valence-electron chi connectivity index (χ4n) is 1.64. The maximum atomic E-state index is 11.9. The Labute approximate surface area is 114 Å². The highest BCUT2D eigenvalue weighted by Crippen LogP contribution is 2.22. The summed E-state index contributed by atoms with van der Waals surface area (Å²) in [6.07, 6.45) is 0.329. The van der Waals surface area contributed by atoms with Gasteiger partial charge in [0.25, 0.3) is 0 Å². The van der Waals surface area contributed by atoms with Crippen LogP contribution in [0.25, 0.3) is 11.0 Å². The van der Waals surface area contributed by atoms with Gasteiger partial charge in [-0.1, -0.05) is 25.2 Å². The molecule has 0 saturated heterocycles. The number of nitrogens with two attached hydrogens (primary N) is 1. The molecular weight excluding hydrogens is 264 g/mol. The molecule has 98 valence electrons. The van der Waals surface area contributed by atoms with Gasteiger partial charge in [-0.15, -0.1) is 0 Å². The van der Waals surface area contributed by atoms with Gasteiger partial charge in [-0.05, 0) is 12.1 Å². The third-order valence-electron chi connectivity index (χ3n) is 2.59. The van der Waals surface area contributed by atoms with E-state index in [9.17, 15) is 9.59 Å². The summed E-state index contributed by atoms with van der Waals surface area (Å²) in [5, 5.41) is 3.04. The van der Waals surface area contributed by atoms with Crippen molar-refractivity contribution in [3.05, 3.63) is 40.2 Å². The number of hydrogen-bond donors (Lipinski definition) is 2. The van der Waals surface area contributed by atoms with Gasteiger partial charge in [0.2, 0.25) is 5.91 Å². The van der Waals surface area contributed by atoms with Crippen molar-refractivity contribution in [2.45, 2.75) is 13.3 Å². The summed E-state index contributed by atoms with van der Waals surface area (Å²) in [6, 6.07) is 6.19. The Morgan fingerprint density at radius 1 is 1.47 bits per heavy atom. The van der Waals surface area contributed by atoms with E-state index in [-0.39, 0.29) is 27.7 Å². The van der Waals surface area contributed by atoms with Crippen LogP contribution in [0.5, 0.6) is 0 Å². The van der Waals surface area contributed by atoms with Gasteiger partial charge in [0, 0.05) is 12.5 Å². The molecule has 2 rings (SSSR count). The van der Waals surface area contributed by atoms with Gasteiger partial charge in [-0.2, -0.15) is 0 Å². The van der Waals surface area contributed by atoms with Crippen molar-refractivity contribution in [2.75, 3.05) is 5.32 Å².